The first-order valence-corrected chi connectivity index (χ1v) is 6.44. The van der Waals surface area contributed by atoms with E-state index in [1.54, 1.807) is 0 Å². The average Bonchev–Trinajstić information content (AvgIpc) is 2.46. The van der Waals surface area contributed by atoms with Gasteiger partial charge in [0.2, 0.25) is 5.91 Å². The van der Waals surface area contributed by atoms with Crippen LogP contribution < -0.4 is 5.32 Å². The first-order valence-electron chi connectivity index (χ1n) is 6.44. The molecule has 0 fully saturated rings. The molecule has 0 spiro atoms. The number of anilines is 1. The second kappa shape index (κ2) is 6.52. The molecule has 4 heteroatoms. The number of benzene rings is 2. The zero-order valence-corrected chi connectivity index (χ0v) is 11.5. The van der Waals surface area contributed by atoms with E-state index in [1.165, 1.54) is 13.0 Å². The molecule has 0 aliphatic heterocycles. The lowest BCUT2D eigenvalue weighted by Crippen LogP contribution is -2.06. The molecule has 0 saturated carbocycles. The second-order valence-corrected chi connectivity index (χ2v) is 4.52. The summed E-state index contributed by atoms with van der Waals surface area (Å²) in [5, 5.41) is 11.4. The zero-order chi connectivity index (χ0) is 15.2. The summed E-state index contributed by atoms with van der Waals surface area (Å²) in [7, 11) is 0. The Bertz CT molecular complexity index is 687. The number of aliphatic carboxylic acids is 1. The van der Waals surface area contributed by atoms with Gasteiger partial charge >= 0.3 is 5.97 Å². The zero-order valence-electron chi connectivity index (χ0n) is 11.5. The lowest BCUT2D eigenvalue weighted by atomic mass is 10.0. The van der Waals surface area contributed by atoms with E-state index in [1.807, 2.05) is 48.5 Å². The van der Waals surface area contributed by atoms with E-state index >= 15 is 0 Å². The summed E-state index contributed by atoms with van der Waals surface area (Å²) in [5.41, 5.74) is 3.42. The number of carboxylic acid groups (broad SMARTS) is 1. The van der Waals surface area contributed by atoms with E-state index in [4.69, 9.17) is 5.11 Å². The Hall–Kier alpha value is -2.88. The molecule has 2 N–H and O–H groups in total. The molecule has 0 aromatic heterocycles. The second-order valence-electron chi connectivity index (χ2n) is 4.52. The van der Waals surface area contributed by atoms with Crippen LogP contribution in [0, 0.1) is 0 Å². The van der Waals surface area contributed by atoms with Crippen molar-refractivity contribution in [3.05, 3.63) is 60.2 Å². The number of hydrogen-bond acceptors (Lipinski definition) is 2. The van der Waals surface area contributed by atoms with E-state index in [0.717, 1.165) is 28.5 Å². The van der Waals surface area contributed by atoms with Crippen molar-refractivity contribution in [1.29, 1.82) is 0 Å². The number of carboxylic acids is 1. The summed E-state index contributed by atoms with van der Waals surface area (Å²) >= 11 is 0. The molecule has 2 aromatic carbocycles. The fraction of sp³-hybridized carbons (Fsp3) is 0.0588. The number of nitrogens with one attached hydrogen (secondary N) is 1. The van der Waals surface area contributed by atoms with Crippen molar-refractivity contribution < 1.29 is 14.7 Å². The maximum absolute atomic E-state index is 11.2. The molecule has 0 aliphatic rings. The van der Waals surface area contributed by atoms with Gasteiger partial charge in [0.1, 0.15) is 0 Å². The molecule has 2 aromatic rings. The molecule has 4 nitrogen and oxygen atoms in total. The van der Waals surface area contributed by atoms with Crippen LogP contribution in [0.4, 0.5) is 5.69 Å². The van der Waals surface area contributed by atoms with Crippen LogP contribution in [0.25, 0.3) is 17.2 Å². The van der Waals surface area contributed by atoms with Crippen molar-refractivity contribution in [3.8, 4) is 11.1 Å². The minimum atomic E-state index is -0.977. The Morgan fingerprint density at radius 2 is 1.71 bits per heavy atom. The molecule has 0 radical (unpaired) electrons. The van der Waals surface area contributed by atoms with E-state index < -0.39 is 5.97 Å². The Kier molecular flexibility index (Phi) is 4.51. The van der Waals surface area contributed by atoms with Crippen LogP contribution >= 0.6 is 0 Å². The highest BCUT2D eigenvalue weighted by molar-refractivity contribution is 5.94. The van der Waals surface area contributed by atoms with Crippen LogP contribution in [-0.4, -0.2) is 17.0 Å². The minimum Gasteiger partial charge on any atom is -0.478 e. The normalized spacial score (nSPS) is 10.5. The smallest absolute Gasteiger partial charge is 0.328 e. The van der Waals surface area contributed by atoms with Gasteiger partial charge in [0, 0.05) is 24.3 Å². The van der Waals surface area contributed by atoms with Crippen molar-refractivity contribution >= 4 is 23.6 Å². The van der Waals surface area contributed by atoms with Crippen LogP contribution in [0.3, 0.4) is 0 Å². The minimum absolute atomic E-state index is 0.122. The van der Waals surface area contributed by atoms with Crippen LogP contribution in [-0.2, 0) is 9.59 Å². The molecule has 0 saturated heterocycles. The van der Waals surface area contributed by atoms with Crippen molar-refractivity contribution in [2.24, 2.45) is 0 Å². The molecule has 2 rings (SSSR count). The quantitative estimate of drug-likeness (QED) is 0.844. The maximum Gasteiger partial charge on any atom is 0.328 e. The van der Waals surface area contributed by atoms with E-state index in [2.05, 4.69) is 5.32 Å². The molecule has 0 atom stereocenters. The number of carbonyl (C=O) groups is 2. The lowest BCUT2D eigenvalue weighted by molar-refractivity contribution is -0.131. The van der Waals surface area contributed by atoms with Crippen LogP contribution in [0.1, 0.15) is 12.5 Å². The third kappa shape index (κ3) is 4.04. The Morgan fingerprint density at radius 1 is 1.05 bits per heavy atom. The first-order chi connectivity index (χ1) is 10.1. The SMILES string of the molecule is CC(=O)Nc1ccccc1-c1ccc(/C=C\C(=O)O)cc1. The van der Waals surface area contributed by atoms with Gasteiger partial charge in [0.05, 0.1) is 0 Å². The van der Waals surface area contributed by atoms with Gasteiger partial charge in [-0.2, -0.15) is 0 Å². The summed E-state index contributed by atoms with van der Waals surface area (Å²) in [5.74, 6) is -1.10. The van der Waals surface area contributed by atoms with Gasteiger partial charge in [-0.1, -0.05) is 42.5 Å². The highest BCUT2D eigenvalue weighted by Crippen LogP contribution is 2.28. The van der Waals surface area contributed by atoms with E-state index in [0.29, 0.717) is 0 Å². The lowest BCUT2D eigenvalue weighted by Gasteiger charge is -2.10. The van der Waals surface area contributed by atoms with Crippen molar-refractivity contribution in [3.63, 3.8) is 0 Å². The summed E-state index contributed by atoms with van der Waals surface area (Å²) in [6, 6.07) is 15.0. The van der Waals surface area contributed by atoms with E-state index in [-0.39, 0.29) is 5.91 Å². The number of rotatable bonds is 4. The predicted molar refractivity (Wildman–Crippen MR) is 82.9 cm³/mol. The van der Waals surface area contributed by atoms with Gasteiger partial charge < -0.3 is 10.4 Å². The van der Waals surface area contributed by atoms with Crippen molar-refractivity contribution in [2.75, 3.05) is 5.32 Å². The summed E-state index contributed by atoms with van der Waals surface area (Å²) in [6.07, 6.45) is 2.63. The van der Waals surface area contributed by atoms with Gasteiger partial charge in [-0.05, 0) is 23.3 Å². The standard InChI is InChI=1S/C17H15NO3/c1-12(19)18-16-5-3-2-4-15(16)14-9-6-13(7-10-14)8-11-17(20)21/h2-11H,1H3,(H,18,19)(H,20,21)/b11-8-. The summed E-state index contributed by atoms with van der Waals surface area (Å²) in [6.45, 7) is 1.47. The number of para-hydroxylation sites is 1. The van der Waals surface area contributed by atoms with Gasteiger partial charge in [0.25, 0.3) is 0 Å². The van der Waals surface area contributed by atoms with Crippen LogP contribution in [0.2, 0.25) is 0 Å². The van der Waals surface area contributed by atoms with Crippen molar-refractivity contribution in [1.82, 2.24) is 0 Å². The molecular formula is C17H15NO3. The average molecular weight is 281 g/mol. The predicted octanol–water partition coefficient (Wildman–Crippen LogP) is 3.41. The molecule has 0 heterocycles. The van der Waals surface area contributed by atoms with Gasteiger partial charge in [-0.25, -0.2) is 4.79 Å². The third-order valence-corrected chi connectivity index (χ3v) is 2.88. The fourth-order valence-corrected chi connectivity index (χ4v) is 1.97. The molecule has 21 heavy (non-hydrogen) atoms. The molecule has 0 aliphatic carbocycles. The molecular weight excluding hydrogens is 266 g/mol. The summed E-state index contributed by atoms with van der Waals surface area (Å²) < 4.78 is 0. The van der Waals surface area contributed by atoms with E-state index in [9.17, 15) is 9.59 Å². The molecule has 0 bridgehead atoms. The topological polar surface area (TPSA) is 66.4 Å². The van der Waals surface area contributed by atoms with Gasteiger partial charge in [0.15, 0.2) is 0 Å². The van der Waals surface area contributed by atoms with Gasteiger partial charge in [-0.15, -0.1) is 0 Å². The Labute approximate surface area is 122 Å². The first kappa shape index (κ1) is 14.5. The number of hydrogen-bond donors (Lipinski definition) is 2. The summed E-state index contributed by atoms with van der Waals surface area (Å²) in [4.78, 5) is 21.7. The fourth-order valence-electron chi connectivity index (χ4n) is 1.97. The third-order valence-electron chi connectivity index (χ3n) is 2.88. The van der Waals surface area contributed by atoms with Crippen LogP contribution in [0.5, 0.6) is 0 Å². The maximum atomic E-state index is 11.2. The number of carbonyl (C=O) groups excluding carboxylic acids is 1. The van der Waals surface area contributed by atoms with Gasteiger partial charge in [-0.3, -0.25) is 4.79 Å². The highest BCUT2D eigenvalue weighted by Gasteiger charge is 2.05. The number of amides is 1. The van der Waals surface area contributed by atoms with Crippen molar-refractivity contribution in [2.45, 2.75) is 6.92 Å². The Balaban J connectivity index is 2.30. The van der Waals surface area contributed by atoms with Crippen LogP contribution in [0.15, 0.2) is 54.6 Å². The monoisotopic (exact) mass is 281 g/mol. The Morgan fingerprint density at radius 3 is 2.33 bits per heavy atom. The molecule has 0 unspecified atom stereocenters. The molecule has 106 valence electrons. The largest absolute Gasteiger partial charge is 0.478 e. The highest BCUT2D eigenvalue weighted by atomic mass is 16.4. The molecule has 1 amide bonds.